The van der Waals surface area contributed by atoms with Crippen molar-refractivity contribution in [3.05, 3.63) is 0 Å². The van der Waals surface area contributed by atoms with Crippen molar-refractivity contribution in [1.82, 2.24) is 4.72 Å². The van der Waals surface area contributed by atoms with Gasteiger partial charge < -0.3 is 5.11 Å². The van der Waals surface area contributed by atoms with E-state index in [2.05, 4.69) is 4.72 Å². The van der Waals surface area contributed by atoms with E-state index in [1.54, 1.807) is 0 Å². The van der Waals surface area contributed by atoms with Crippen LogP contribution in [-0.4, -0.2) is 31.3 Å². The van der Waals surface area contributed by atoms with Gasteiger partial charge in [0.25, 0.3) is 0 Å². The smallest absolute Gasteiger partial charge is 0.303 e. The molecule has 0 aromatic carbocycles. The Kier molecular flexibility index (Phi) is 4.10. The van der Waals surface area contributed by atoms with Crippen LogP contribution in [0.1, 0.15) is 32.6 Å². The van der Waals surface area contributed by atoms with Gasteiger partial charge in [-0.05, 0) is 18.8 Å². The van der Waals surface area contributed by atoms with E-state index < -0.39 is 16.0 Å². The fourth-order valence-electron chi connectivity index (χ4n) is 1.34. The summed E-state index contributed by atoms with van der Waals surface area (Å²) < 4.78 is 25.4. The van der Waals surface area contributed by atoms with Crippen molar-refractivity contribution in [2.75, 3.05) is 6.54 Å². The van der Waals surface area contributed by atoms with Crippen LogP contribution in [-0.2, 0) is 14.8 Å². The number of carboxylic acids is 1. The molecule has 6 heteroatoms. The Morgan fingerprint density at radius 2 is 2.13 bits per heavy atom. The number of rotatable bonds is 7. The van der Waals surface area contributed by atoms with Crippen LogP contribution < -0.4 is 4.72 Å². The predicted octanol–water partition coefficient (Wildman–Crippen LogP) is 0.569. The molecule has 0 saturated heterocycles. The molecule has 0 aromatic rings. The summed E-state index contributed by atoms with van der Waals surface area (Å²) in [6, 6.07) is 0. The summed E-state index contributed by atoms with van der Waals surface area (Å²) in [4.78, 5) is 10.5. The van der Waals surface area contributed by atoms with Crippen molar-refractivity contribution in [3.63, 3.8) is 0 Å². The van der Waals surface area contributed by atoms with Crippen molar-refractivity contribution >= 4 is 16.0 Å². The molecule has 0 bridgehead atoms. The second-order valence-electron chi connectivity index (χ2n) is 3.96. The molecular formula is C9H17NO4S. The van der Waals surface area contributed by atoms with Crippen LogP contribution in [0, 0.1) is 5.92 Å². The van der Waals surface area contributed by atoms with E-state index in [1.165, 1.54) is 0 Å². The summed E-state index contributed by atoms with van der Waals surface area (Å²) >= 11 is 0. The normalized spacial score (nSPS) is 18.7. The first-order valence-corrected chi connectivity index (χ1v) is 6.70. The van der Waals surface area contributed by atoms with Crippen LogP contribution in [0.25, 0.3) is 0 Å². The van der Waals surface area contributed by atoms with Crippen molar-refractivity contribution in [2.24, 2.45) is 5.92 Å². The zero-order valence-corrected chi connectivity index (χ0v) is 9.59. The third kappa shape index (κ3) is 4.17. The Bertz CT molecular complexity index is 321. The summed E-state index contributed by atoms with van der Waals surface area (Å²) in [5.74, 6) is -0.997. The van der Waals surface area contributed by atoms with E-state index in [-0.39, 0.29) is 24.1 Å². The van der Waals surface area contributed by atoms with E-state index in [4.69, 9.17) is 5.11 Å². The average molecular weight is 235 g/mol. The van der Waals surface area contributed by atoms with E-state index in [1.807, 2.05) is 6.92 Å². The summed E-state index contributed by atoms with van der Waals surface area (Å²) in [6.07, 6.45) is 2.14. The molecule has 0 aliphatic heterocycles. The minimum absolute atomic E-state index is 0.0175. The first kappa shape index (κ1) is 12.4. The quantitative estimate of drug-likeness (QED) is 0.675. The van der Waals surface area contributed by atoms with Crippen LogP contribution >= 0.6 is 0 Å². The summed E-state index contributed by atoms with van der Waals surface area (Å²) in [6.45, 7) is 2.10. The van der Waals surface area contributed by atoms with Gasteiger partial charge in [0.2, 0.25) is 10.0 Å². The van der Waals surface area contributed by atoms with Crippen molar-refractivity contribution in [1.29, 1.82) is 0 Å². The first-order chi connectivity index (χ1) is 6.95. The highest BCUT2D eigenvalue weighted by Gasteiger charge is 2.35. The maximum absolute atomic E-state index is 11.4. The van der Waals surface area contributed by atoms with Gasteiger partial charge in [0.05, 0.1) is 5.25 Å². The zero-order valence-electron chi connectivity index (χ0n) is 8.77. The van der Waals surface area contributed by atoms with Gasteiger partial charge >= 0.3 is 5.97 Å². The van der Waals surface area contributed by atoms with Gasteiger partial charge in [-0.3, -0.25) is 4.79 Å². The monoisotopic (exact) mass is 235 g/mol. The molecule has 0 amide bonds. The molecule has 1 aliphatic rings. The summed E-state index contributed by atoms with van der Waals surface area (Å²) in [5, 5.41) is 8.35. The van der Waals surface area contributed by atoms with Crippen LogP contribution in [0.2, 0.25) is 0 Å². The molecule has 1 aliphatic carbocycles. The lowest BCUT2D eigenvalue weighted by atomic mass is 10.0. The first-order valence-electron chi connectivity index (χ1n) is 5.16. The molecule has 1 atom stereocenters. The highest BCUT2D eigenvalue weighted by molar-refractivity contribution is 7.90. The molecule has 0 heterocycles. The molecule has 15 heavy (non-hydrogen) atoms. The van der Waals surface area contributed by atoms with Gasteiger partial charge in [-0.1, -0.05) is 13.3 Å². The second kappa shape index (κ2) is 4.94. The Balaban J connectivity index is 2.36. The lowest BCUT2D eigenvalue weighted by Gasteiger charge is -2.13. The lowest BCUT2D eigenvalue weighted by molar-refractivity contribution is -0.138. The van der Waals surface area contributed by atoms with Crippen LogP contribution in [0.3, 0.4) is 0 Å². The summed E-state index contributed by atoms with van der Waals surface area (Å²) in [5.41, 5.74) is 0. The molecule has 88 valence electrons. The van der Waals surface area contributed by atoms with Crippen LogP contribution in [0.5, 0.6) is 0 Å². The van der Waals surface area contributed by atoms with E-state index in [0.717, 1.165) is 12.8 Å². The zero-order chi connectivity index (χ0) is 11.5. The number of nitrogens with one attached hydrogen (secondary N) is 1. The van der Waals surface area contributed by atoms with E-state index in [0.29, 0.717) is 6.42 Å². The maximum Gasteiger partial charge on any atom is 0.303 e. The Hall–Kier alpha value is -0.620. The molecule has 2 N–H and O–H groups in total. The predicted molar refractivity (Wildman–Crippen MR) is 56.0 cm³/mol. The number of carbonyl (C=O) groups is 1. The average Bonchev–Trinajstić information content (AvgIpc) is 2.94. The lowest BCUT2D eigenvalue weighted by Crippen LogP contribution is -2.32. The largest absolute Gasteiger partial charge is 0.481 e. The molecular weight excluding hydrogens is 218 g/mol. The van der Waals surface area contributed by atoms with E-state index in [9.17, 15) is 13.2 Å². The van der Waals surface area contributed by atoms with Gasteiger partial charge in [-0.2, -0.15) is 0 Å². The molecule has 0 spiro atoms. The van der Waals surface area contributed by atoms with E-state index >= 15 is 0 Å². The molecule has 0 radical (unpaired) electrons. The van der Waals surface area contributed by atoms with Crippen LogP contribution in [0.4, 0.5) is 0 Å². The fourth-order valence-corrected chi connectivity index (χ4v) is 2.80. The molecule has 0 aromatic heterocycles. The van der Waals surface area contributed by atoms with Gasteiger partial charge in [-0.15, -0.1) is 0 Å². The maximum atomic E-state index is 11.4. The Morgan fingerprint density at radius 1 is 1.53 bits per heavy atom. The third-order valence-electron chi connectivity index (χ3n) is 2.58. The standard InChI is InChI=1S/C9H17NO4S/c1-2-7(5-9(11)12)6-10-15(13,14)8-3-4-8/h7-8,10H,2-6H2,1H3,(H,11,12). The highest BCUT2D eigenvalue weighted by atomic mass is 32.2. The number of aliphatic carboxylic acids is 1. The molecule has 1 rings (SSSR count). The molecule has 5 nitrogen and oxygen atoms in total. The number of sulfonamides is 1. The molecule has 1 saturated carbocycles. The minimum atomic E-state index is -3.17. The van der Waals surface area contributed by atoms with Crippen molar-refractivity contribution < 1.29 is 18.3 Å². The Labute approximate surface area is 89.9 Å². The van der Waals surface area contributed by atoms with Crippen LogP contribution in [0.15, 0.2) is 0 Å². The van der Waals surface area contributed by atoms with Crippen molar-refractivity contribution in [2.45, 2.75) is 37.9 Å². The summed E-state index contributed by atoms with van der Waals surface area (Å²) in [7, 11) is -3.17. The fraction of sp³-hybridized carbons (Fsp3) is 0.889. The van der Waals surface area contributed by atoms with Crippen molar-refractivity contribution in [3.8, 4) is 0 Å². The van der Waals surface area contributed by atoms with Gasteiger partial charge in [0, 0.05) is 13.0 Å². The highest BCUT2D eigenvalue weighted by Crippen LogP contribution is 2.27. The molecule has 1 unspecified atom stereocenters. The van der Waals surface area contributed by atoms with Gasteiger partial charge in [0.1, 0.15) is 0 Å². The molecule has 1 fully saturated rings. The number of hydrogen-bond acceptors (Lipinski definition) is 3. The topological polar surface area (TPSA) is 83.5 Å². The second-order valence-corrected chi connectivity index (χ2v) is 6.01. The number of carboxylic acid groups (broad SMARTS) is 1. The Morgan fingerprint density at radius 3 is 2.53 bits per heavy atom. The SMILES string of the molecule is CCC(CNS(=O)(=O)C1CC1)CC(=O)O. The van der Waals surface area contributed by atoms with Gasteiger partial charge in [0.15, 0.2) is 0 Å². The third-order valence-corrected chi connectivity index (χ3v) is 4.50. The number of hydrogen-bond donors (Lipinski definition) is 2. The van der Waals surface area contributed by atoms with Gasteiger partial charge in [-0.25, -0.2) is 13.1 Å². The minimum Gasteiger partial charge on any atom is -0.481 e.